The lowest BCUT2D eigenvalue weighted by Gasteiger charge is -2.16. The summed E-state index contributed by atoms with van der Waals surface area (Å²) in [5.74, 6) is 1.07. The van der Waals surface area contributed by atoms with Crippen molar-refractivity contribution < 1.29 is 14.3 Å². The third kappa shape index (κ3) is 4.39. The fraction of sp³-hybridized carbons (Fsp3) is 0.278. The molecule has 2 aromatic carbocycles. The van der Waals surface area contributed by atoms with E-state index in [2.05, 4.69) is 5.32 Å². The van der Waals surface area contributed by atoms with Crippen LogP contribution in [0.2, 0.25) is 5.02 Å². The molecule has 0 bridgehead atoms. The maximum atomic E-state index is 12.3. The number of ether oxygens (including phenoxy) is 2. The van der Waals surface area contributed by atoms with Gasteiger partial charge in [-0.3, -0.25) is 4.79 Å². The molecule has 0 radical (unpaired) electrons. The number of carbonyl (C=O) groups is 1. The summed E-state index contributed by atoms with van der Waals surface area (Å²) in [6.07, 6.45) is -0.638. The summed E-state index contributed by atoms with van der Waals surface area (Å²) in [6, 6.07) is 10.8. The van der Waals surface area contributed by atoms with Crippen LogP contribution in [0.4, 0.5) is 5.69 Å². The normalized spacial score (nSPS) is 11.7. The van der Waals surface area contributed by atoms with Crippen LogP contribution >= 0.6 is 11.6 Å². The van der Waals surface area contributed by atoms with E-state index < -0.39 is 6.10 Å². The second kappa shape index (κ2) is 7.38. The molecule has 1 atom stereocenters. The zero-order valence-electron chi connectivity index (χ0n) is 13.6. The van der Waals surface area contributed by atoms with Crippen LogP contribution in [0.1, 0.15) is 18.1 Å². The molecular weight excluding hydrogens is 314 g/mol. The molecule has 1 amide bonds. The van der Waals surface area contributed by atoms with Gasteiger partial charge in [-0.05, 0) is 56.2 Å². The van der Waals surface area contributed by atoms with Crippen molar-refractivity contribution in [3.8, 4) is 11.5 Å². The Morgan fingerprint density at radius 1 is 1.13 bits per heavy atom. The van der Waals surface area contributed by atoms with Crippen LogP contribution in [0.15, 0.2) is 36.4 Å². The Morgan fingerprint density at radius 3 is 2.39 bits per heavy atom. The second-order valence-corrected chi connectivity index (χ2v) is 5.73. The number of anilines is 1. The highest BCUT2D eigenvalue weighted by molar-refractivity contribution is 6.32. The van der Waals surface area contributed by atoms with E-state index in [1.165, 1.54) is 0 Å². The van der Waals surface area contributed by atoms with Gasteiger partial charge in [0.25, 0.3) is 5.91 Å². The number of hydrogen-bond donors (Lipinski definition) is 1. The van der Waals surface area contributed by atoms with Crippen molar-refractivity contribution in [2.45, 2.75) is 26.9 Å². The van der Waals surface area contributed by atoms with Crippen molar-refractivity contribution in [3.63, 3.8) is 0 Å². The molecule has 0 saturated heterocycles. The van der Waals surface area contributed by atoms with Crippen molar-refractivity contribution >= 4 is 23.2 Å². The number of rotatable bonds is 5. The monoisotopic (exact) mass is 333 g/mol. The number of amides is 1. The van der Waals surface area contributed by atoms with Crippen molar-refractivity contribution in [1.82, 2.24) is 0 Å². The molecule has 0 aliphatic heterocycles. The summed E-state index contributed by atoms with van der Waals surface area (Å²) in [4.78, 5) is 12.3. The first-order chi connectivity index (χ1) is 10.9. The minimum atomic E-state index is -0.638. The Labute approximate surface area is 141 Å². The molecule has 0 heterocycles. The van der Waals surface area contributed by atoms with Gasteiger partial charge in [0.15, 0.2) is 6.10 Å². The van der Waals surface area contributed by atoms with Gasteiger partial charge in [0, 0.05) is 16.8 Å². The minimum absolute atomic E-state index is 0.233. The van der Waals surface area contributed by atoms with Crippen LogP contribution < -0.4 is 14.8 Å². The number of methoxy groups -OCH3 is 1. The van der Waals surface area contributed by atoms with Gasteiger partial charge in [-0.15, -0.1) is 0 Å². The zero-order chi connectivity index (χ0) is 17.0. The lowest BCUT2D eigenvalue weighted by Crippen LogP contribution is -2.30. The third-order valence-corrected chi connectivity index (χ3v) is 4.03. The summed E-state index contributed by atoms with van der Waals surface area (Å²) in [6.45, 7) is 5.52. The van der Waals surface area contributed by atoms with E-state index in [0.717, 1.165) is 11.1 Å². The van der Waals surface area contributed by atoms with E-state index in [4.69, 9.17) is 21.1 Å². The van der Waals surface area contributed by atoms with Crippen molar-refractivity contribution in [3.05, 3.63) is 52.5 Å². The molecule has 0 saturated carbocycles. The molecule has 2 rings (SSSR count). The van der Waals surface area contributed by atoms with Crippen LogP contribution in [0.25, 0.3) is 0 Å². The minimum Gasteiger partial charge on any atom is -0.497 e. The first-order valence-electron chi connectivity index (χ1n) is 7.29. The van der Waals surface area contributed by atoms with Crippen LogP contribution in [-0.4, -0.2) is 19.1 Å². The highest BCUT2D eigenvalue weighted by atomic mass is 35.5. The SMILES string of the molecule is COc1cccc(NC(=O)C(C)Oc2cc(C)c(Cl)c(C)c2)c1. The van der Waals surface area contributed by atoms with Crippen LogP contribution in [-0.2, 0) is 4.79 Å². The molecular formula is C18H20ClNO3. The standard InChI is InChI=1S/C18H20ClNO3/c1-11-8-16(9-12(2)17(11)19)23-13(3)18(21)20-14-6-5-7-15(10-14)22-4/h5-10,13H,1-4H3,(H,20,21). The molecule has 0 spiro atoms. The molecule has 5 heteroatoms. The average molecular weight is 334 g/mol. The number of benzene rings is 2. The Morgan fingerprint density at radius 2 is 1.78 bits per heavy atom. The Balaban J connectivity index is 2.05. The fourth-order valence-electron chi connectivity index (χ4n) is 2.18. The first kappa shape index (κ1) is 17.2. The lowest BCUT2D eigenvalue weighted by molar-refractivity contribution is -0.122. The molecule has 122 valence electrons. The highest BCUT2D eigenvalue weighted by Gasteiger charge is 2.16. The van der Waals surface area contributed by atoms with Gasteiger partial charge in [-0.25, -0.2) is 0 Å². The summed E-state index contributed by atoms with van der Waals surface area (Å²) < 4.78 is 10.9. The van der Waals surface area contributed by atoms with Gasteiger partial charge in [0.1, 0.15) is 11.5 Å². The van der Waals surface area contributed by atoms with E-state index in [1.54, 1.807) is 26.2 Å². The molecule has 1 N–H and O–H groups in total. The van der Waals surface area contributed by atoms with Crippen LogP contribution in [0.5, 0.6) is 11.5 Å². The Kier molecular flexibility index (Phi) is 5.50. The topological polar surface area (TPSA) is 47.6 Å². The molecule has 23 heavy (non-hydrogen) atoms. The van der Waals surface area contributed by atoms with E-state index in [-0.39, 0.29) is 5.91 Å². The second-order valence-electron chi connectivity index (χ2n) is 5.35. The number of halogens is 1. The lowest BCUT2D eigenvalue weighted by atomic mass is 10.1. The fourth-order valence-corrected chi connectivity index (χ4v) is 2.29. The maximum absolute atomic E-state index is 12.3. The first-order valence-corrected chi connectivity index (χ1v) is 7.67. The van der Waals surface area contributed by atoms with Gasteiger partial charge in [0.2, 0.25) is 0 Å². The quantitative estimate of drug-likeness (QED) is 0.883. The van der Waals surface area contributed by atoms with Crippen molar-refractivity contribution in [2.75, 3.05) is 12.4 Å². The van der Waals surface area contributed by atoms with Gasteiger partial charge in [-0.2, -0.15) is 0 Å². The van der Waals surface area contributed by atoms with Gasteiger partial charge in [-0.1, -0.05) is 17.7 Å². The molecule has 4 nitrogen and oxygen atoms in total. The van der Waals surface area contributed by atoms with E-state index >= 15 is 0 Å². The number of aryl methyl sites for hydroxylation is 2. The van der Waals surface area contributed by atoms with E-state index in [1.807, 2.05) is 38.1 Å². The van der Waals surface area contributed by atoms with Crippen molar-refractivity contribution in [1.29, 1.82) is 0 Å². The van der Waals surface area contributed by atoms with Crippen LogP contribution in [0.3, 0.4) is 0 Å². The molecule has 1 unspecified atom stereocenters. The average Bonchev–Trinajstić information content (AvgIpc) is 2.52. The van der Waals surface area contributed by atoms with Crippen molar-refractivity contribution in [2.24, 2.45) is 0 Å². The highest BCUT2D eigenvalue weighted by Crippen LogP contribution is 2.26. The number of hydrogen-bond acceptors (Lipinski definition) is 3. The molecule has 0 aliphatic rings. The predicted molar refractivity (Wildman–Crippen MR) is 92.6 cm³/mol. The third-order valence-electron chi connectivity index (χ3n) is 3.43. The molecule has 0 aliphatic carbocycles. The maximum Gasteiger partial charge on any atom is 0.265 e. The molecule has 2 aromatic rings. The molecule has 0 aromatic heterocycles. The van der Waals surface area contributed by atoms with Gasteiger partial charge < -0.3 is 14.8 Å². The summed E-state index contributed by atoms with van der Waals surface area (Å²) in [5, 5.41) is 3.52. The van der Waals surface area contributed by atoms with E-state index in [9.17, 15) is 4.79 Å². The van der Waals surface area contributed by atoms with Gasteiger partial charge in [0.05, 0.1) is 7.11 Å². The number of nitrogens with one attached hydrogen (secondary N) is 1. The Hall–Kier alpha value is -2.20. The van der Waals surface area contributed by atoms with Crippen LogP contribution in [0, 0.1) is 13.8 Å². The van der Waals surface area contributed by atoms with Gasteiger partial charge >= 0.3 is 0 Å². The molecule has 0 fully saturated rings. The van der Waals surface area contributed by atoms with E-state index in [0.29, 0.717) is 22.2 Å². The largest absolute Gasteiger partial charge is 0.497 e. The summed E-state index contributed by atoms with van der Waals surface area (Å²) in [7, 11) is 1.58. The summed E-state index contributed by atoms with van der Waals surface area (Å²) >= 11 is 6.14. The summed E-state index contributed by atoms with van der Waals surface area (Å²) in [5.41, 5.74) is 2.50. The predicted octanol–water partition coefficient (Wildman–Crippen LogP) is 4.37. The smallest absolute Gasteiger partial charge is 0.265 e. The Bertz CT molecular complexity index is 692. The number of carbonyl (C=O) groups excluding carboxylic acids is 1. The zero-order valence-corrected chi connectivity index (χ0v) is 14.4.